The van der Waals surface area contributed by atoms with Crippen molar-refractivity contribution in [1.82, 2.24) is 4.68 Å². The van der Waals surface area contributed by atoms with Gasteiger partial charge in [0.2, 0.25) is 0 Å². The second kappa shape index (κ2) is 3.47. The van der Waals surface area contributed by atoms with Crippen LogP contribution in [0.4, 0.5) is 4.39 Å². The van der Waals surface area contributed by atoms with Gasteiger partial charge in [-0.25, -0.2) is 4.39 Å². The van der Waals surface area contributed by atoms with Gasteiger partial charge in [-0.05, 0) is 36.8 Å². The number of aromatic nitrogens is 1. The fourth-order valence-electron chi connectivity index (χ4n) is 1.09. The number of halogens is 1. The zero-order valence-corrected chi connectivity index (χ0v) is 7.84. The molecule has 0 radical (unpaired) electrons. The first kappa shape index (κ1) is 9.58. The molecule has 13 heavy (non-hydrogen) atoms. The Balaban J connectivity index is 3.38. The third-order valence-corrected chi connectivity index (χ3v) is 1.87. The van der Waals surface area contributed by atoms with E-state index in [4.69, 9.17) is 5.84 Å². The van der Waals surface area contributed by atoms with Gasteiger partial charge in [0.1, 0.15) is 0 Å². The Morgan fingerprint density at radius 3 is 2.69 bits per heavy atom. The van der Waals surface area contributed by atoms with Crippen LogP contribution in [0.5, 0.6) is 0 Å². The Kier molecular flexibility index (Phi) is 2.56. The average molecular weight is 180 g/mol. The number of hydrogen-bond acceptors (Lipinski definition) is 1. The molecule has 1 aromatic heterocycles. The van der Waals surface area contributed by atoms with Crippen molar-refractivity contribution < 1.29 is 4.39 Å². The van der Waals surface area contributed by atoms with Crippen LogP contribution >= 0.6 is 0 Å². The van der Waals surface area contributed by atoms with Crippen LogP contribution in [-0.2, 0) is 0 Å². The minimum Gasteiger partial charge on any atom is -0.339 e. The summed E-state index contributed by atoms with van der Waals surface area (Å²) in [6.07, 6.45) is 4.74. The summed E-state index contributed by atoms with van der Waals surface area (Å²) in [7, 11) is 0. The lowest BCUT2D eigenvalue weighted by atomic mass is 10.3. The summed E-state index contributed by atoms with van der Waals surface area (Å²) in [5, 5.41) is 1.56. The van der Waals surface area contributed by atoms with Gasteiger partial charge in [-0.15, -0.1) is 0 Å². The number of hydrogen-bond donors (Lipinski definition) is 1. The van der Waals surface area contributed by atoms with Crippen molar-refractivity contribution in [2.45, 2.75) is 13.8 Å². The Labute approximate surface area is 76.4 Å². The lowest BCUT2D eigenvalue weighted by molar-refractivity contribution is 0.641. The first-order valence-electron chi connectivity index (χ1n) is 3.98. The maximum absolute atomic E-state index is 12.4. The molecule has 0 amide bonds. The number of nitrogens with zero attached hydrogens (tertiary/aromatic N) is 1. The van der Waals surface area contributed by atoms with Gasteiger partial charge >= 0.3 is 0 Å². The van der Waals surface area contributed by atoms with Crippen molar-refractivity contribution in [2.75, 3.05) is 5.84 Å². The van der Waals surface area contributed by atoms with Crippen LogP contribution in [-0.4, -0.2) is 4.68 Å². The van der Waals surface area contributed by atoms with Crippen molar-refractivity contribution >= 4 is 12.7 Å². The molecule has 1 heterocycles. The Morgan fingerprint density at radius 1 is 1.69 bits per heavy atom. The van der Waals surface area contributed by atoms with E-state index < -0.39 is 0 Å². The molecule has 0 spiro atoms. The molecule has 1 rings (SSSR count). The molecule has 70 valence electrons. The lowest BCUT2D eigenvalue weighted by Gasteiger charge is -1.89. The average Bonchev–Trinajstić information content (AvgIpc) is 2.24. The molecule has 0 bridgehead atoms. The molecular formula is C10H13FN2. The summed E-state index contributed by atoms with van der Waals surface area (Å²) in [5.41, 5.74) is 0.999. The predicted octanol–water partition coefficient (Wildman–Crippen LogP) is 0.574. The van der Waals surface area contributed by atoms with Crippen LogP contribution in [0, 0.1) is 6.92 Å². The molecule has 0 saturated heterocycles. The Bertz CT molecular complexity index is 436. The van der Waals surface area contributed by atoms with Crippen LogP contribution in [0.3, 0.4) is 0 Å². The zero-order chi connectivity index (χ0) is 10.0. The molecule has 0 atom stereocenters. The van der Waals surface area contributed by atoms with Crippen molar-refractivity contribution in [3.63, 3.8) is 0 Å². The molecule has 0 fully saturated rings. The minimum absolute atomic E-state index is 0.252. The van der Waals surface area contributed by atoms with E-state index in [0.29, 0.717) is 0 Å². The highest BCUT2D eigenvalue weighted by Gasteiger charge is 1.94. The molecule has 0 aliphatic heterocycles. The fraction of sp³-hybridized carbons (Fsp3) is 0.200. The fourth-order valence-corrected chi connectivity index (χ4v) is 1.09. The summed E-state index contributed by atoms with van der Waals surface area (Å²) >= 11 is 0. The molecule has 0 saturated carbocycles. The van der Waals surface area contributed by atoms with E-state index in [0.717, 1.165) is 16.1 Å². The lowest BCUT2D eigenvalue weighted by Crippen LogP contribution is -2.32. The summed E-state index contributed by atoms with van der Waals surface area (Å²) < 4.78 is 13.9. The molecule has 1 aromatic rings. The quantitative estimate of drug-likeness (QED) is 0.629. The van der Waals surface area contributed by atoms with Crippen LogP contribution in [0.2, 0.25) is 0 Å². The largest absolute Gasteiger partial charge is 0.339 e. The van der Waals surface area contributed by atoms with E-state index in [1.807, 2.05) is 6.92 Å². The second-order valence-electron chi connectivity index (χ2n) is 3.00. The normalized spacial score (nSPS) is 13.8. The van der Waals surface area contributed by atoms with Crippen LogP contribution in [0.25, 0.3) is 12.7 Å². The minimum atomic E-state index is -0.252. The maximum atomic E-state index is 12.4. The number of nitrogen functional groups attached to an aromatic ring is 1. The molecule has 0 aliphatic rings. The number of allylic oxidation sites excluding steroid dienone is 2. The molecule has 0 aromatic carbocycles. The van der Waals surface area contributed by atoms with Crippen molar-refractivity contribution in [3.8, 4) is 0 Å². The maximum Gasteiger partial charge on any atom is 0.0969 e. The molecule has 0 aliphatic carbocycles. The van der Waals surface area contributed by atoms with Gasteiger partial charge < -0.3 is 5.84 Å². The third-order valence-electron chi connectivity index (χ3n) is 1.87. The van der Waals surface area contributed by atoms with Gasteiger partial charge in [0.05, 0.1) is 11.2 Å². The van der Waals surface area contributed by atoms with Gasteiger partial charge in [-0.1, -0.05) is 6.58 Å². The smallest absolute Gasteiger partial charge is 0.0969 e. The first-order chi connectivity index (χ1) is 6.02. The summed E-state index contributed by atoms with van der Waals surface area (Å²) in [5.74, 6) is 5.37. The van der Waals surface area contributed by atoms with E-state index in [-0.39, 0.29) is 5.83 Å². The van der Waals surface area contributed by atoms with E-state index >= 15 is 0 Å². The summed E-state index contributed by atoms with van der Waals surface area (Å²) in [6.45, 7) is 7.13. The summed E-state index contributed by atoms with van der Waals surface area (Å²) in [6, 6.07) is 0. The zero-order valence-electron chi connectivity index (χ0n) is 7.84. The first-order valence-corrected chi connectivity index (χ1v) is 3.98. The van der Waals surface area contributed by atoms with Crippen LogP contribution < -0.4 is 16.4 Å². The Morgan fingerprint density at radius 2 is 2.31 bits per heavy atom. The number of aryl methyl sites for hydroxylation is 1. The van der Waals surface area contributed by atoms with Gasteiger partial charge in [0.25, 0.3) is 0 Å². The topological polar surface area (TPSA) is 30.9 Å². The molecule has 0 unspecified atom stereocenters. The van der Waals surface area contributed by atoms with Crippen molar-refractivity contribution in [1.29, 1.82) is 0 Å². The van der Waals surface area contributed by atoms with Crippen molar-refractivity contribution in [2.24, 2.45) is 0 Å². The third kappa shape index (κ3) is 1.99. The number of nitrogens with two attached hydrogens (primary N) is 1. The predicted molar refractivity (Wildman–Crippen MR) is 53.4 cm³/mol. The molecular weight excluding hydrogens is 167 g/mol. The molecule has 2 N–H and O–H groups in total. The Hall–Kier alpha value is -1.51. The van der Waals surface area contributed by atoms with E-state index in [1.165, 1.54) is 17.7 Å². The highest BCUT2D eigenvalue weighted by atomic mass is 19.1. The van der Waals surface area contributed by atoms with Crippen LogP contribution in [0.1, 0.15) is 12.5 Å². The second-order valence-corrected chi connectivity index (χ2v) is 3.00. The van der Waals surface area contributed by atoms with Crippen LogP contribution in [0.15, 0.2) is 18.1 Å². The van der Waals surface area contributed by atoms with Gasteiger partial charge in [-0.3, -0.25) is 4.68 Å². The van der Waals surface area contributed by atoms with Gasteiger partial charge in [0.15, 0.2) is 0 Å². The van der Waals surface area contributed by atoms with E-state index in [2.05, 4.69) is 6.58 Å². The van der Waals surface area contributed by atoms with E-state index in [1.54, 1.807) is 12.3 Å². The highest BCUT2D eigenvalue weighted by Crippen LogP contribution is 1.91. The standard InChI is InChI=1S/C10H13FN2/c1-7-6-13(12)10(9(7)3)5-4-8(2)11/h4-6H,3,12H2,1-2H3/b8-4+,10-5+. The monoisotopic (exact) mass is 180 g/mol. The van der Waals surface area contributed by atoms with Gasteiger partial charge in [-0.2, -0.15) is 0 Å². The van der Waals surface area contributed by atoms with Crippen molar-refractivity contribution in [3.05, 3.63) is 34.2 Å². The SMILES string of the molecule is C=c1c(C)cn(N)/c1=C/C=C(\C)F. The van der Waals surface area contributed by atoms with Gasteiger partial charge in [0, 0.05) is 6.20 Å². The highest BCUT2D eigenvalue weighted by molar-refractivity contribution is 5.38. The molecule has 2 nitrogen and oxygen atoms in total. The number of rotatable bonds is 1. The summed E-state index contributed by atoms with van der Waals surface area (Å²) in [4.78, 5) is 0. The molecule has 3 heteroatoms. The van der Waals surface area contributed by atoms with E-state index in [9.17, 15) is 4.39 Å².